The molecule has 2 amide bonds. The summed E-state index contributed by atoms with van der Waals surface area (Å²) in [5.74, 6) is 0.535. The van der Waals surface area contributed by atoms with Crippen LogP contribution in [0.3, 0.4) is 0 Å². The SMILES string of the molecule is O=C(NCc1cccc2ccccc12)N1CCCC(c2nnc(-c3ccc(F)cc3)o2)C1. The molecular weight excluding hydrogens is 407 g/mol. The van der Waals surface area contributed by atoms with Crippen LogP contribution in [0.4, 0.5) is 9.18 Å². The number of nitrogens with one attached hydrogen (secondary N) is 1. The lowest BCUT2D eigenvalue weighted by Crippen LogP contribution is -2.44. The van der Waals surface area contributed by atoms with E-state index in [1.807, 2.05) is 24.3 Å². The van der Waals surface area contributed by atoms with Crippen molar-refractivity contribution in [3.63, 3.8) is 0 Å². The summed E-state index contributed by atoms with van der Waals surface area (Å²) in [6.45, 7) is 1.68. The van der Waals surface area contributed by atoms with E-state index in [0.717, 1.165) is 29.2 Å². The van der Waals surface area contributed by atoms with E-state index in [2.05, 4.69) is 33.7 Å². The first-order chi connectivity index (χ1) is 15.7. The number of rotatable bonds is 4. The highest BCUT2D eigenvalue weighted by atomic mass is 19.1. The number of aromatic nitrogens is 2. The maximum absolute atomic E-state index is 13.2. The molecule has 0 aliphatic carbocycles. The van der Waals surface area contributed by atoms with E-state index in [-0.39, 0.29) is 17.8 Å². The van der Waals surface area contributed by atoms with Crippen LogP contribution in [0.15, 0.2) is 71.1 Å². The molecule has 1 aliphatic heterocycles. The van der Waals surface area contributed by atoms with Gasteiger partial charge in [0.2, 0.25) is 11.8 Å². The zero-order valence-corrected chi connectivity index (χ0v) is 17.5. The summed E-state index contributed by atoms with van der Waals surface area (Å²) in [6, 6.07) is 20.1. The van der Waals surface area contributed by atoms with E-state index >= 15 is 0 Å². The third kappa shape index (κ3) is 4.19. The molecule has 3 aromatic carbocycles. The van der Waals surface area contributed by atoms with Crippen LogP contribution >= 0.6 is 0 Å². The Morgan fingerprint density at radius 2 is 1.88 bits per heavy atom. The lowest BCUT2D eigenvalue weighted by molar-refractivity contribution is 0.174. The highest BCUT2D eigenvalue weighted by Crippen LogP contribution is 2.28. The summed E-state index contributed by atoms with van der Waals surface area (Å²) in [7, 11) is 0. The molecule has 32 heavy (non-hydrogen) atoms. The molecule has 7 heteroatoms. The summed E-state index contributed by atoms with van der Waals surface area (Å²) in [5.41, 5.74) is 1.76. The molecule has 1 aromatic heterocycles. The Balaban J connectivity index is 1.24. The quantitative estimate of drug-likeness (QED) is 0.488. The van der Waals surface area contributed by atoms with Crippen molar-refractivity contribution in [1.82, 2.24) is 20.4 Å². The molecule has 4 aromatic rings. The van der Waals surface area contributed by atoms with Crippen LogP contribution in [0.5, 0.6) is 0 Å². The highest BCUT2D eigenvalue weighted by molar-refractivity contribution is 5.86. The van der Waals surface area contributed by atoms with Gasteiger partial charge in [0.25, 0.3) is 0 Å². The topological polar surface area (TPSA) is 71.3 Å². The Bertz CT molecular complexity index is 1230. The Kier molecular flexibility index (Phi) is 5.54. The molecule has 2 heterocycles. The van der Waals surface area contributed by atoms with Gasteiger partial charge in [-0.25, -0.2) is 9.18 Å². The van der Waals surface area contributed by atoms with E-state index in [9.17, 15) is 9.18 Å². The van der Waals surface area contributed by atoms with Crippen LogP contribution < -0.4 is 5.32 Å². The Morgan fingerprint density at radius 1 is 1.06 bits per heavy atom. The van der Waals surface area contributed by atoms with Gasteiger partial charge in [-0.3, -0.25) is 0 Å². The summed E-state index contributed by atoms with van der Waals surface area (Å²) in [5, 5.41) is 13.7. The minimum atomic E-state index is -0.314. The van der Waals surface area contributed by atoms with Crippen LogP contribution in [0.1, 0.15) is 30.2 Å². The monoisotopic (exact) mass is 430 g/mol. The Hall–Kier alpha value is -3.74. The van der Waals surface area contributed by atoms with Gasteiger partial charge in [0.1, 0.15) is 5.82 Å². The van der Waals surface area contributed by atoms with Gasteiger partial charge in [-0.05, 0) is 53.4 Å². The Labute approximate surface area is 185 Å². The number of nitrogens with zero attached hydrogens (tertiary/aromatic N) is 3. The predicted octanol–water partition coefficient (Wildman–Crippen LogP) is 5.12. The molecule has 0 bridgehead atoms. The predicted molar refractivity (Wildman–Crippen MR) is 119 cm³/mol. The molecule has 6 nitrogen and oxygen atoms in total. The van der Waals surface area contributed by atoms with E-state index in [4.69, 9.17) is 4.42 Å². The molecule has 1 saturated heterocycles. The molecule has 1 N–H and O–H groups in total. The number of carbonyl (C=O) groups is 1. The fourth-order valence-electron chi connectivity index (χ4n) is 4.20. The zero-order valence-electron chi connectivity index (χ0n) is 17.5. The van der Waals surface area contributed by atoms with Crippen molar-refractivity contribution in [1.29, 1.82) is 0 Å². The van der Waals surface area contributed by atoms with Crippen molar-refractivity contribution in [2.45, 2.75) is 25.3 Å². The number of carbonyl (C=O) groups excluding carboxylic acids is 1. The van der Waals surface area contributed by atoms with Gasteiger partial charge >= 0.3 is 6.03 Å². The highest BCUT2D eigenvalue weighted by Gasteiger charge is 2.28. The maximum Gasteiger partial charge on any atom is 0.317 e. The second-order valence-corrected chi connectivity index (χ2v) is 8.03. The van der Waals surface area contributed by atoms with E-state index in [1.165, 1.54) is 12.1 Å². The van der Waals surface area contributed by atoms with E-state index in [1.54, 1.807) is 17.0 Å². The molecule has 5 rings (SSSR count). The molecule has 0 saturated carbocycles. The second kappa shape index (κ2) is 8.78. The minimum absolute atomic E-state index is 0.0197. The number of amides is 2. The number of piperidine rings is 1. The standard InChI is InChI=1S/C25H23FN4O2/c26-21-12-10-18(11-13-21)23-28-29-24(32-23)20-8-4-14-30(16-20)25(31)27-15-19-7-3-6-17-5-1-2-9-22(17)19/h1-3,5-7,9-13,20H,4,8,14-16H2,(H,27,31). The molecule has 162 valence electrons. The average molecular weight is 430 g/mol. The number of halogens is 1. The van der Waals surface area contributed by atoms with E-state index in [0.29, 0.717) is 37.0 Å². The number of urea groups is 1. The van der Waals surface area contributed by atoms with Crippen molar-refractivity contribution in [3.05, 3.63) is 84.0 Å². The van der Waals surface area contributed by atoms with Crippen molar-refractivity contribution >= 4 is 16.8 Å². The van der Waals surface area contributed by atoms with Crippen LogP contribution in [-0.2, 0) is 6.54 Å². The van der Waals surface area contributed by atoms with Crippen LogP contribution in [0.25, 0.3) is 22.2 Å². The summed E-state index contributed by atoms with van der Waals surface area (Å²) >= 11 is 0. The van der Waals surface area contributed by atoms with Crippen molar-refractivity contribution in [2.75, 3.05) is 13.1 Å². The third-order valence-corrected chi connectivity index (χ3v) is 5.90. The van der Waals surface area contributed by atoms with Crippen molar-refractivity contribution in [2.24, 2.45) is 0 Å². The summed E-state index contributed by atoms with van der Waals surface area (Å²) < 4.78 is 19.0. The first kappa shape index (κ1) is 20.2. The zero-order chi connectivity index (χ0) is 21.9. The number of fused-ring (bicyclic) bond motifs is 1. The van der Waals surface area contributed by atoms with Crippen LogP contribution in [-0.4, -0.2) is 34.2 Å². The molecule has 1 unspecified atom stereocenters. The molecule has 1 aliphatic rings. The number of hydrogen-bond donors (Lipinski definition) is 1. The average Bonchev–Trinajstić information content (AvgIpc) is 3.33. The van der Waals surface area contributed by atoms with Crippen LogP contribution in [0.2, 0.25) is 0 Å². The minimum Gasteiger partial charge on any atom is -0.420 e. The van der Waals surface area contributed by atoms with E-state index < -0.39 is 0 Å². The molecule has 0 radical (unpaired) electrons. The second-order valence-electron chi connectivity index (χ2n) is 8.03. The van der Waals surface area contributed by atoms with Gasteiger partial charge in [-0.1, -0.05) is 42.5 Å². The Morgan fingerprint density at radius 3 is 2.75 bits per heavy atom. The van der Waals surface area contributed by atoms with Crippen molar-refractivity contribution in [3.8, 4) is 11.5 Å². The van der Waals surface area contributed by atoms with Gasteiger partial charge in [-0.2, -0.15) is 0 Å². The molecule has 0 spiro atoms. The lowest BCUT2D eigenvalue weighted by atomic mass is 9.98. The number of benzene rings is 3. The number of likely N-dealkylation sites (tertiary alicyclic amines) is 1. The summed E-state index contributed by atoms with van der Waals surface area (Å²) in [4.78, 5) is 14.7. The first-order valence-electron chi connectivity index (χ1n) is 10.8. The van der Waals surface area contributed by atoms with Gasteiger partial charge in [0, 0.05) is 25.2 Å². The third-order valence-electron chi connectivity index (χ3n) is 5.90. The van der Waals surface area contributed by atoms with Gasteiger partial charge in [0.05, 0.1) is 5.92 Å². The molecule has 1 atom stereocenters. The lowest BCUT2D eigenvalue weighted by Gasteiger charge is -2.31. The van der Waals surface area contributed by atoms with Gasteiger partial charge in [-0.15, -0.1) is 10.2 Å². The maximum atomic E-state index is 13.2. The normalized spacial score (nSPS) is 16.3. The largest absolute Gasteiger partial charge is 0.420 e. The fourth-order valence-corrected chi connectivity index (χ4v) is 4.20. The van der Waals surface area contributed by atoms with Crippen LogP contribution in [0, 0.1) is 5.82 Å². The number of hydrogen-bond acceptors (Lipinski definition) is 4. The van der Waals surface area contributed by atoms with Gasteiger partial charge in [0.15, 0.2) is 0 Å². The fraction of sp³-hybridized carbons (Fsp3) is 0.240. The summed E-state index contributed by atoms with van der Waals surface area (Å²) in [6.07, 6.45) is 1.73. The van der Waals surface area contributed by atoms with Gasteiger partial charge < -0.3 is 14.6 Å². The smallest absolute Gasteiger partial charge is 0.317 e. The first-order valence-corrected chi connectivity index (χ1v) is 10.8. The molecule has 1 fully saturated rings. The molecular formula is C25H23FN4O2. The van der Waals surface area contributed by atoms with Crippen molar-refractivity contribution < 1.29 is 13.6 Å².